The summed E-state index contributed by atoms with van der Waals surface area (Å²) in [6, 6.07) is 3.82. The fraction of sp³-hybridized carbons (Fsp3) is 0.550. The van der Waals surface area contributed by atoms with Gasteiger partial charge in [0.1, 0.15) is 17.4 Å². The van der Waals surface area contributed by atoms with Gasteiger partial charge in [-0.1, -0.05) is 19.8 Å². The normalized spacial score (nSPS) is 16.3. The molecule has 0 radical (unpaired) electrons. The molecule has 3 aromatic rings. The number of hydrogen-bond acceptors (Lipinski definition) is 4. The monoisotopic (exact) mass is 354 g/mol. The minimum Gasteiger partial charge on any atom is -0.474 e. The third kappa shape index (κ3) is 2.77. The van der Waals surface area contributed by atoms with Crippen LogP contribution in [0.25, 0.3) is 16.7 Å². The Morgan fingerprint density at radius 1 is 1.15 bits per heavy atom. The number of pyridine rings is 1. The van der Waals surface area contributed by atoms with E-state index in [0.29, 0.717) is 11.4 Å². The Morgan fingerprint density at radius 2 is 1.88 bits per heavy atom. The van der Waals surface area contributed by atoms with E-state index in [9.17, 15) is 4.79 Å². The molecule has 3 heterocycles. The van der Waals surface area contributed by atoms with E-state index >= 15 is 0 Å². The molecule has 138 valence electrons. The molecule has 0 amide bonds. The third-order valence-electron chi connectivity index (χ3n) is 5.44. The second-order valence-electron chi connectivity index (χ2n) is 7.24. The Morgan fingerprint density at radius 3 is 2.58 bits per heavy atom. The van der Waals surface area contributed by atoms with Crippen LogP contribution in [0.1, 0.15) is 57.0 Å². The van der Waals surface area contributed by atoms with Crippen LogP contribution < -0.4 is 10.3 Å². The lowest BCUT2D eigenvalue weighted by Crippen LogP contribution is -2.22. The summed E-state index contributed by atoms with van der Waals surface area (Å²) in [5.74, 6) is 1.50. The molecule has 26 heavy (non-hydrogen) atoms. The van der Waals surface area contributed by atoms with Crippen LogP contribution in [-0.2, 0) is 13.5 Å². The molecule has 0 unspecified atom stereocenters. The van der Waals surface area contributed by atoms with Gasteiger partial charge in [0.15, 0.2) is 5.65 Å². The van der Waals surface area contributed by atoms with Gasteiger partial charge in [-0.3, -0.25) is 9.20 Å². The molecule has 4 rings (SSSR count). The van der Waals surface area contributed by atoms with Gasteiger partial charge >= 0.3 is 0 Å². The van der Waals surface area contributed by atoms with Gasteiger partial charge in [0, 0.05) is 19.5 Å². The van der Waals surface area contributed by atoms with E-state index in [1.165, 1.54) is 25.7 Å². The zero-order valence-electron chi connectivity index (χ0n) is 15.8. The van der Waals surface area contributed by atoms with Crippen molar-refractivity contribution in [2.75, 3.05) is 0 Å². The average Bonchev–Trinajstić information content (AvgIpc) is 2.80. The zero-order valence-corrected chi connectivity index (χ0v) is 15.8. The molecule has 0 spiro atoms. The first-order valence-electron chi connectivity index (χ1n) is 9.64. The zero-order chi connectivity index (χ0) is 18.3. The van der Waals surface area contributed by atoms with Gasteiger partial charge in [0.25, 0.3) is 5.56 Å². The van der Waals surface area contributed by atoms with Gasteiger partial charge in [-0.15, -0.1) is 0 Å². The van der Waals surface area contributed by atoms with Crippen molar-refractivity contribution in [3.05, 3.63) is 34.0 Å². The van der Waals surface area contributed by atoms with Crippen molar-refractivity contribution in [1.82, 2.24) is 18.9 Å². The summed E-state index contributed by atoms with van der Waals surface area (Å²) in [5.41, 5.74) is 2.85. The number of ether oxygens (including phenoxy) is 1. The van der Waals surface area contributed by atoms with Crippen molar-refractivity contribution in [3.63, 3.8) is 0 Å². The number of hydrogen-bond donors (Lipinski definition) is 0. The number of fused-ring (bicyclic) bond motifs is 3. The molecule has 1 fully saturated rings. The summed E-state index contributed by atoms with van der Waals surface area (Å²) in [4.78, 5) is 22.2. The molecule has 6 heteroatoms. The number of rotatable bonds is 3. The van der Waals surface area contributed by atoms with E-state index in [-0.39, 0.29) is 11.7 Å². The maximum atomic E-state index is 12.8. The maximum Gasteiger partial charge on any atom is 0.277 e. The van der Waals surface area contributed by atoms with Crippen molar-refractivity contribution in [2.45, 2.75) is 64.9 Å². The first kappa shape index (κ1) is 17.1. The highest BCUT2D eigenvalue weighted by Gasteiger charge is 2.19. The van der Waals surface area contributed by atoms with Gasteiger partial charge in [-0.2, -0.15) is 4.98 Å². The molecule has 0 atom stereocenters. The minimum atomic E-state index is -0.0403. The van der Waals surface area contributed by atoms with E-state index in [2.05, 4.69) is 4.98 Å². The number of imidazole rings is 1. The number of nitrogens with zero attached hydrogens (tertiary/aromatic N) is 4. The summed E-state index contributed by atoms with van der Waals surface area (Å²) in [6.45, 7) is 3.93. The van der Waals surface area contributed by atoms with Crippen LogP contribution in [0.2, 0.25) is 0 Å². The molecule has 0 aromatic carbocycles. The van der Waals surface area contributed by atoms with Crippen molar-refractivity contribution >= 4 is 16.7 Å². The first-order valence-corrected chi connectivity index (χ1v) is 9.64. The van der Waals surface area contributed by atoms with E-state index in [0.717, 1.165) is 41.9 Å². The molecule has 1 aliphatic rings. The highest BCUT2D eigenvalue weighted by Crippen LogP contribution is 2.24. The minimum absolute atomic E-state index is 0.0403. The Balaban J connectivity index is 1.87. The highest BCUT2D eigenvalue weighted by atomic mass is 16.5. The van der Waals surface area contributed by atoms with Crippen LogP contribution in [0.15, 0.2) is 16.9 Å². The van der Waals surface area contributed by atoms with E-state index < -0.39 is 0 Å². The van der Waals surface area contributed by atoms with Gasteiger partial charge in [0.2, 0.25) is 5.88 Å². The molecule has 0 N–H and O–H groups in total. The van der Waals surface area contributed by atoms with Crippen molar-refractivity contribution < 1.29 is 4.74 Å². The van der Waals surface area contributed by atoms with Crippen LogP contribution in [0.4, 0.5) is 0 Å². The molecule has 0 bridgehead atoms. The van der Waals surface area contributed by atoms with E-state index in [4.69, 9.17) is 9.72 Å². The Bertz CT molecular complexity index is 1010. The SMILES string of the molecule is CCc1nc(C)c2c(=O)n(C)c3ccc(OC4CCCCCC4)nc3n12. The molecule has 1 aliphatic carbocycles. The standard InChI is InChI=1S/C20H26N4O2/c1-4-16-21-13(2)18-20(25)23(3)15-11-12-17(22-19(15)24(16)18)26-14-9-7-5-6-8-10-14/h11-12,14H,4-10H2,1-3H3. The summed E-state index contributed by atoms with van der Waals surface area (Å²) < 4.78 is 9.77. The molecule has 1 saturated carbocycles. The Hall–Kier alpha value is -2.37. The summed E-state index contributed by atoms with van der Waals surface area (Å²) in [5, 5.41) is 0. The molecule has 0 aliphatic heterocycles. The lowest BCUT2D eigenvalue weighted by Gasteiger charge is -2.17. The number of aryl methyl sites for hydroxylation is 3. The lowest BCUT2D eigenvalue weighted by atomic mass is 10.1. The van der Waals surface area contributed by atoms with Crippen LogP contribution in [-0.4, -0.2) is 25.0 Å². The predicted octanol–water partition coefficient (Wildman–Crippen LogP) is 3.55. The number of aromatic nitrogens is 4. The second kappa shape index (κ2) is 6.74. The van der Waals surface area contributed by atoms with Crippen LogP contribution in [0, 0.1) is 6.92 Å². The largest absolute Gasteiger partial charge is 0.474 e. The van der Waals surface area contributed by atoms with E-state index in [1.54, 1.807) is 11.6 Å². The Kier molecular flexibility index (Phi) is 4.42. The molecule has 0 saturated heterocycles. The fourth-order valence-corrected chi connectivity index (χ4v) is 4.02. The smallest absolute Gasteiger partial charge is 0.277 e. The topological polar surface area (TPSA) is 61.4 Å². The van der Waals surface area contributed by atoms with E-state index in [1.807, 2.05) is 30.4 Å². The van der Waals surface area contributed by atoms with Crippen LogP contribution >= 0.6 is 0 Å². The molecule has 3 aromatic heterocycles. The predicted molar refractivity (Wildman–Crippen MR) is 102 cm³/mol. The van der Waals surface area contributed by atoms with Gasteiger partial charge in [-0.25, -0.2) is 4.98 Å². The van der Waals surface area contributed by atoms with Crippen molar-refractivity contribution in [1.29, 1.82) is 0 Å². The van der Waals surface area contributed by atoms with Crippen LogP contribution in [0.5, 0.6) is 5.88 Å². The second-order valence-corrected chi connectivity index (χ2v) is 7.24. The first-order chi connectivity index (χ1) is 12.6. The molecule has 6 nitrogen and oxygen atoms in total. The summed E-state index contributed by atoms with van der Waals surface area (Å²) in [7, 11) is 1.79. The van der Waals surface area contributed by atoms with Gasteiger partial charge in [-0.05, 0) is 38.7 Å². The summed E-state index contributed by atoms with van der Waals surface area (Å²) in [6.07, 6.45) is 8.19. The van der Waals surface area contributed by atoms with Crippen molar-refractivity contribution in [2.24, 2.45) is 7.05 Å². The fourth-order valence-electron chi connectivity index (χ4n) is 4.02. The Labute approximate surface area is 152 Å². The molecular formula is C20H26N4O2. The average molecular weight is 354 g/mol. The van der Waals surface area contributed by atoms with Crippen LogP contribution in [0.3, 0.4) is 0 Å². The van der Waals surface area contributed by atoms with Gasteiger partial charge < -0.3 is 9.30 Å². The highest BCUT2D eigenvalue weighted by molar-refractivity contribution is 5.76. The quantitative estimate of drug-likeness (QED) is 0.675. The van der Waals surface area contributed by atoms with Gasteiger partial charge in [0.05, 0.1) is 11.2 Å². The maximum absolute atomic E-state index is 12.8. The third-order valence-corrected chi connectivity index (χ3v) is 5.44. The molecular weight excluding hydrogens is 328 g/mol. The van der Waals surface area contributed by atoms with Crippen molar-refractivity contribution in [3.8, 4) is 5.88 Å². The summed E-state index contributed by atoms with van der Waals surface area (Å²) >= 11 is 0. The lowest BCUT2D eigenvalue weighted by molar-refractivity contribution is 0.176.